The lowest BCUT2D eigenvalue weighted by molar-refractivity contribution is -0.129. The Hall–Kier alpha value is -3.54. The molecule has 2 aromatic carbocycles. The normalized spacial score (nSPS) is 16.7. The largest absolute Gasteiger partial charge is 0.508 e. The van der Waals surface area contributed by atoms with Gasteiger partial charge in [0.1, 0.15) is 5.75 Å². The van der Waals surface area contributed by atoms with E-state index in [1.165, 1.54) is 11.8 Å². The molecule has 1 amide bonds. The molecule has 6 nitrogen and oxygen atoms in total. The molecule has 0 saturated heterocycles. The van der Waals surface area contributed by atoms with Crippen LogP contribution in [0.25, 0.3) is 10.9 Å². The quantitative estimate of drug-likeness (QED) is 0.580. The topological polar surface area (TPSA) is 93.6 Å². The van der Waals surface area contributed by atoms with Crippen LogP contribution in [-0.4, -0.2) is 38.3 Å². The Labute approximate surface area is 174 Å². The Balaban J connectivity index is 1.70. The summed E-state index contributed by atoms with van der Waals surface area (Å²) < 4.78 is 0. The first kappa shape index (κ1) is 19.8. The van der Waals surface area contributed by atoms with Gasteiger partial charge in [0, 0.05) is 29.2 Å². The number of aromatic hydroxyl groups is 1. The van der Waals surface area contributed by atoms with Gasteiger partial charge in [-0.05, 0) is 43.0 Å². The molecule has 4 rings (SSSR count). The van der Waals surface area contributed by atoms with E-state index in [4.69, 9.17) is 0 Å². The summed E-state index contributed by atoms with van der Waals surface area (Å²) in [5, 5.41) is 22.1. The summed E-state index contributed by atoms with van der Waals surface area (Å²) in [6, 6.07) is 12.3. The van der Waals surface area contributed by atoms with E-state index < -0.39 is 17.7 Å². The summed E-state index contributed by atoms with van der Waals surface area (Å²) in [6.07, 6.45) is 3.20. The number of carbonyl (C=O) groups is 2. The fraction of sp³-hybridized carbons (Fsp3) is 0.250. The van der Waals surface area contributed by atoms with Crippen molar-refractivity contribution in [1.29, 1.82) is 0 Å². The molecule has 6 heteroatoms. The zero-order valence-corrected chi connectivity index (χ0v) is 17.0. The Morgan fingerprint density at radius 1 is 1.17 bits per heavy atom. The van der Waals surface area contributed by atoms with E-state index in [9.17, 15) is 19.8 Å². The minimum Gasteiger partial charge on any atom is -0.508 e. The highest BCUT2D eigenvalue weighted by molar-refractivity contribution is 6.08. The third-order valence-electron chi connectivity index (χ3n) is 5.78. The van der Waals surface area contributed by atoms with Crippen LogP contribution in [0.3, 0.4) is 0 Å². The van der Waals surface area contributed by atoms with E-state index >= 15 is 0 Å². The Bertz CT molecular complexity index is 1170. The van der Waals surface area contributed by atoms with Gasteiger partial charge in [0.2, 0.25) is 0 Å². The zero-order valence-electron chi connectivity index (χ0n) is 17.0. The second-order valence-corrected chi connectivity index (χ2v) is 7.58. The monoisotopic (exact) mass is 404 g/mol. The van der Waals surface area contributed by atoms with Crippen molar-refractivity contribution in [3.8, 4) is 5.75 Å². The molecule has 30 heavy (non-hydrogen) atoms. The molecular weight excluding hydrogens is 380 g/mol. The van der Waals surface area contributed by atoms with E-state index in [0.717, 1.165) is 28.5 Å². The number of aromatic nitrogens is 1. The molecule has 0 bridgehead atoms. The van der Waals surface area contributed by atoms with Crippen molar-refractivity contribution >= 4 is 22.6 Å². The number of fused-ring (bicyclic) bond motifs is 1. The number of para-hydroxylation sites is 1. The molecule has 1 aliphatic rings. The number of carbonyl (C=O) groups excluding carboxylic acids is 2. The van der Waals surface area contributed by atoms with Crippen LogP contribution in [0.2, 0.25) is 0 Å². The highest BCUT2D eigenvalue weighted by Crippen LogP contribution is 2.41. The molecule has 3 N–H and O–H groups in total. The minimum atomic E-state index is -0.814. The minimum absolute atomic E-state index is 0.0118. The predicted octanol–water partition coefficient (Wildman–Crippen LogP) is 3.96. The van der Waals surface area contributed by atoms with Gasteiger partial charge in [-0.1, -0.05) is 37.3 Å². The second-order valence-electron chi connectivity index (χ2n) is 7.58. The molecule has 154 valence electrons. The molecule has 0 spiro atoms. The summed E-state index contributed by atoms with van der Waals surface area (Å²) >= 11 is 0. The first-order valence-electron chi connectivity index (χ1n) is 10.0. The summed E-state index contributed by atoms with van der Waals surface area (Å²) in [5.41, 5.74) is 3.46. The standard InChI is InChI=1S/C24H24N2O4/c1-3-15-8-9-18(20(28)12-15)22-21(14(2)27)23(29)24(30)26(22)11-10-16-13-25-19-7-5-4-6-17(16)19/h4-9,12-13,22,25,28-29H,3,10-11H2,1-2H3. The zero-order chi connectivity index (χ0) is 21.4. The molecule has 0 saturated carbocycles. The van der Waals surface area contributed by atoms with E-state index in [1.54, 1.807) is 12.1 Å². The predicted molar refractivity (Wildman–Crippen MR) is 114 cm³/mol. The SMILES string of the molecule is CCc1ccc(C2C(C(C)=O)=C(O)C(=O)N2CCc2c[nH]c3ccccc23)c(O)c1. The van der Waals surface area contributed by atoms with E-state index in [0.29, 0.717) is 18.5 Å². The van der Waals surface area contributed by atoms with Crippen LogP contribution in [0, 0.1) is 0 Å². The van der Waals surface area contributed by atoms with Gasteiger partial charge in [-0.15, -0.1) is 0 Å². The van der Waals surface area contributed by atoms with Gasteiger partial charge in [-0.3, -0.25) is 9.59 Å². The van der Waals surface area contributed by atoms with Crippen molar-refractivity contribution < 1.29 is 19.8 Å². The van der Waals surface area contributed by atoms with Crippen LogP contribution < -0.4 is 0 Å². The smallest absolute Gasteiger partial charge is 0.290 e. The van der Waals surface area contributed by atoms with Crippen molar-refractivity contribution in [1.82, 2.24) is 9.88 Å². The number of nitrogens with zero attached hydrogens (tertiary/aromatic N) is 1. The van der Waals surface area contributed by atoms with Crippen LogP contribution in [0.5, 0.6) is 5.75 Å². The van der Waals surface area contributed by atoms with Gasteiger partial charge in [0.05, 0.1) is 11.6 Å². The van der Waals surface area contributed by atoms with Crippen molar-refractivity contribution in [3.05, 3.63) is 76.7 Å². The lowest BCUT2D eigenvalue weighted by Gasteiger charge is -2.27. The maximum absolute atomic E-state index is 12.8. The fourth-order valence-electron chi connectivity index (χ4n) is 4.19. The van der Waals surface area contributed by atoms with Gasteiger partial charge in [0.25, 0.3) is 5.91 Å². The third kappa shape index (κ3) is 3.24. The van der Waals surface area contributed by atoms with Gasteiger partial charge in [0.15, 0.2) is 11.5 Å². The highest BCUT2D eigenvalue weighted by Gasteiger charge is 2.43. The molecule has 3 aromatic rings. The molecule has 1 unspecified atom stereocenters. The van der Waals surface area contributed by atoms with Crippen LogP contribution in [0.15, 0.2) is 60.0 Å². The summed E-state index contributed by atoms with van der Waals surface area (Å²) in [5.74, 6) is -1.51. The van der Waals surface area contributed by atoms with E-state index in [-0.39, 0.29) is 17.1 Å². The number of hydrogen-bond donors (Lipinski definition) is 3. The highest BCUT2D eigenvalue weighted by atomic mass is 16.3. The number of Topliss-reactive ketones (excluding diaryl/α,β-unsaturated/α-hetero) is 1. The van der Waals surface area contributed by atoms with Crippen molar-refractivity contribution in [2.75, 3.05) is 6.54 Å². The molecule has 0 aliphatic carbocycles. The number of amides is 1. The van der Waals surface area contributed by atoms with E-state index in [1.807, 2.05) is 43.5 Å². The number of hydrogen-bond acceptors (Lipinski definition) is 4. The average molecular weight is 404 g/mol. The van der Waals surface area contributed by atoms with Crippen molar-refractivity contribution in [2.24, 2.45) is 0 Å². The lowest BCUT2D eigenvalue weighted by atomic mass is 9.94. The maximum Gasteiger partial charge on any atom is 0.290 e. The molecular formula is C24H24N2O4. The first-order chi connectivity index (χ1) is 14.4. The Morgan fingerprint density at radius 3 is 2.63 bits per heavy atom. The second kappa shape index (κ2) is 7.71. The maximum atomic E-state index is 12.8. The summed E-state index contributed by atoms with van der Waals surface area (Å²) in [4.78, 5) is 29.8. The Morgan fingerprint density at radius 2 is 1.93 bits per heavy atom. The number of aryl methyl sites for hydroxylation is 1. The van der Waals surface area contributed by atoms with Crippen molar-refractivity contribution in [3.63, 3.8) is 0 Å². The van der Waals surface area contributed by atoms with Crippen molar-refractivity contribution in [2.45, 2.75) is 32.7 Å². The average Bonchev–Trinajstić information content (AvgIpc) is 3.25. The summed E-state index contributed by atoms with van der Waals surface area (Å²) in [7, 11) is 0. The molecule has 0 radical (unpaired) electrons. The fourth-order valence-corrected chi connectivity index (χ4v) is 4.19. The van der Waals surface area contributed by atoms with Gasteiger partial charge in [-0.2, -0.15) is 0 Å². The number of ketones is 1. The lowest BCUT2D eigenvalue weighted by Crippen LogP contribution is -2.33. The van der Waals surface area contributed by atoms with Crippen LogP contribution in [0.4, 0.5) is 0 Å². The van der Waals surface area contributed by atoms with Gasteiger partial charge >= 0.3 is 0 Å². The number of aromatic amines is 1. The molecule has 1 atom stereocenters. The number of aliphatic hydroxyl groups excluding tert-OH is 1. The molecule has 2 heterocycles. The molecule has 1 aliphatic heterocycles. The summed E-state index contributed by atoms with van der Waals surface area (Å²) in [6.45, 7) is 3.60. The Kier molecular flexibility index (Phi) is 5.08. The van der Waals surface area contributed by atoms with Crippen LogP contribution in [0.1, 0.15) is 36.6 Å². The van der Waals surface area contributed by atoms with Crippen LogP contribution in [-0.2, 0) is 22.4 Å². The number of rotatable bonds is 6. The number of nitrogens with one attached hydrogen (secondary N) is 1. The molecule has 0 fully saturated rings. The van der Waals surface area contributed by atoms with Crippen LogP contribution >= 0.6 is 0 Å². The molecule has 1 aromatic heterocycles. The first-order valence-corrected chi connectivity index (χ1v) is 10.0. The number of aliphatic hydroxyl groups is 1. The number of benzene rings is 2. The van der Waals surface area contributed by atoms with Gasteiger partial charge in [-0.25, -0.2) is 0 Å². The third-order valence-corrected chi connectivity index (χ3v) is 5.78. The number of phenolic OH excluding ortho intramolecular Hbond substituents is 1. The number of phenols is 1. The number of H-pyrrole nitrogens is 1. The van der Waals surface area contributed by atoms with E-state index in [2.05, 4.69) is 4.98 Å². The van der Waals surface area contributed by atoms with Gasteiger partial charge < -0.3 is 20.1 Å².